The Labute approximate surface area is 209 Å². The summed E-state index contributed by atoms with van der Waals surface area (Å²) in [5.74, 6) is -0.456. The van der Waals surface area contributed by atoms with Gasteiger partial charge in [0, 0.05) is 11.1 Å². The Morgan fingerprint density at radius 1 is 0.389 bits per heavy atom. The van der Waals surface area contributed by atoms with E-state index in [1.165, 1.54) is 0 Å². The van der Waals surface area contributed by atoms with Gasteiger partial charge < -0.3 is 9.47 Å². The highest BCUT2D eigenvalue weighted by atomic mass is 16.5. The molecule has 0 saturated carbocycles. The fourth-order valence-electron chi connectivity index (χ4n) is 3.97. The minimum absolute atomic E-state index is 0.127. The Morgan fingerprint density at radius 2 is 0.722 bits per heavy atom. The summed E-state index contributed by atoms with van der Waals surface area (Å²) in [5, 5.41) is 0. The quantitative estimate of drug-likeness (QED) is 0.191. The van der Waals surface area contributed by atoms with Gasteiger partial charge in [-0.1, -0.05) is 109 Å². The highest BCUT2D eigenvalue weighted by Gasteiger charge is 2.22. The van der Waals surface area contributed by atoms with Gasteiger partial charge in [0.25, 0.3) is 0 Å². The lowest BCUT2D eigenvalue weighted by Crippen LogP contribution is -2.18. The third kappa shape index (κ3) is 4.93. The van der Waals surface area contributed by atoms with Gasteiger partial charge in [-0.3, -0.25) is 0 Å². The first-order chi connectivity index (χ1) is 17.7. The van der Waals surface area contributed by atoms with Crippen molar-refractivity contribution in [2.45, 2.75) is 0 Å². The normalized spacial score (nSPS) is 10.4. The molecule has 0 saturated heterocycles. The number of para-hydroxylation sites is 2. The predicted octanol–water partition coefficient (Wildman–Crippen LogP) is 7.46. The summed E-state index contributed by atoms with van der Waals surface area (Å²) in [5.41, 5.74) is 3.66. The number of esters is 2. The van der Waals surface area contributed by atoms with E-state index in [0.717, 1.165) is 22.3 Å². The highest BCUT2D eigenvalue weighted by molar-refractivity contribution is 6.05. The van der Waals surface area contributed by atoms with Crippen molar-refractivity contribution in [2.24, 2.45) is 0 Å². The van der Waals surface area contributed by atoms with E-state index >= 15 is 0 Å². The zero-order valence-corrected chi connectivity index (χ0v) is 19.3. The van der Waals surface area contributed by atoms with Crippen LogP contribution < -0.4 is 9.47 Å². The van der Waals surface area contributed by atoms with E-state index in [-0.39, 0.29) is 11.1 Å². The zero-order chi connectivity index (χ0) is 24.7. The minimum atomic E-state index is -0.637. The van der Waals surface area contributed by atoms with Crippen molar-refractivity contribution in [3.8, 4) is 33.8 Å². The van der Waals surface area contributed by atoms with Crippen molar-refractivity contribution in [2.75, 3.05) is 0 Å². The lowest BCUT2D eigenvalue weighted by Gasteiger charge is -2.13. The molecule has 0 amide bonds. The molecule has 0 radical (unpaired) electrons. The maximum absolute atomic E-state index is 13.2. The largest absolute Gasteiger partial charge is 0.422 e. The molecule has 36 heavy (non-hydrogen) atoms. The van der Waals surface area contributed by atoms with E-state index in [9.17, 15) is 9.59 Å². The van der Waals surface area contributed by atoms with Gasteiger partial charge in [0.15, 0.2) is 0 Å². The number of benzene rings is 5. The molecule has 5 aromatic rings. The van der Waals surface area contributed by atoms with Crippen LogP contribution in [0.3, 0.4) is 0 Å². The second-order valence-electron chi connectivity index (χ2n) is 8.05. The Bertz CT molecular complexity index is 1390. The fraction of sp³-hybridized carbons (Fsp3) is 0. The topological polar surface area (TPSA) is 52.6 Å². The number of rotatable bonds is 6. The molecule has 0 bridgehead atoms. The molecule has 174 valence electrons. The molecule has 5 aromatic carbocycles. The molecule has 0 atom stereocenters. The van der Waals surface area contributed by atoms with Crippen molar-refractivity contribution in [1.29, 1.82) is 0 Å². The first kappa shape index (κ1) is 22.8. The summed E-state index contributed by atoms with van der Waals surface area (Å²) in [6, 6.07) is 40.4. The molecule has 0 aliphatic heterocycles. The second-order valence-corrected chi connectivity index (χ2v) is 8.05. The summed E-state index contributed by atoms with van der Waals surface area (Å²) >= 11 is 0. The maximum Gasteiger partial charge on any atom is 0.344 e. The SMILES string of the molecule is O=C(Oc1ccccc1-c1ccccc1)c1ccccc1C(=O)Oc1ccccc1-c1ccccc1. The Kier molecular flexibility index (Phi) is 6.68. The number of hydrogen-bond acceptors (Lipinski definition) is 4. The van der Waals surface area contributed by atoms with Gasteiger partial charge in [-0.25, -0.2) is 9.59 Å². The van der Waals surface area contributed by atoms with E-state index in [1.807, 2.05) is 84.9 Å². The Morgan fingerprint density at radius 3 is 1.14 bits per heavy atom. The standard InChI is InChI=1S/C32H22O4/c33-31(35-29-21-11-9-17-25(29)23-13-3-1-4-14-23)27-19-7-8-20-28(27)32(34)36-30-22-12-10-18-26(30)24-15-5-2-6-16-24/h1-22H. The van der Waals surface area contributed by atoms with Gasteiger partial charge in [0.1, 0.15) is 11.5 Å². The molecule has 0 aliphatic carbocycles. The summed E-state index contributed by atoms with van der Waals surface area (Å²) in [4.78, 5) is 26.5. The summed E-state index contributed by atoms with van der Waals surface area (Å²) in [6.07, 6.45) is 0. The monoisotopic (exact) mass is 470 g/mol. The smallest absolute Gasteiger partial charge is 0.344 e. The summed E-state index contributed by atoms with van der Waals surface area (Å²) in [7, 11) is 0. The molecule has 0 aromatic heterocycles. The average molecular weight is 471 g/mol. The van der Waals surface area contributed by atoms with Crippen molar-refractivity contribution >= 4 is 11.9 Å². The summed E-state index contributed by atoms with van der Waals surface area (Å²) in [6.45, 7) is 0. The van der Waals surface area contributed by atoms with Crippen LogP contribution in [0.5, 0.6) is 11.5 Å². The number of hydrogen-bond donors (Lipinski definition) is 0. The Hall–Kier alpha value is -4.96. The van der Waals surface area contributed by atoms with Crippen LogP contribution >= 0.6 is 0 Å². The van der Waals surface area contributed by atoms with Crippen molar-refractivity contribution < 1.29 is 19.1 Å². The molecular weight excluding hydrogens is 448 g/mol. The predicted molar refractivity (Wildman–Crippen MR) is 140 cm³/mol. The highest BCUT2D eigenvalue weighted by Crippen LogP contribution is 2.32. The molecule has 0 unspecified atom stereocenters. The third-order valence-electron chi connectivity index (χ3n) is 5.72. The third-order valence-corrected chi connectivity index (χ3v) is 5.72. The summed E-state index contributed by atoms with van der Waals surface area (Å²) < 4.78 is 11.5. The van der Waals surface area contributed by atoms with Crippen LogP contribution in [0.4, 0.5) is 0 Å². The van der Waals surface area contributed by atoms with Crippen LogP contribution in [0.15, 0.2) is 133 Å². The average Bonchev–Trinajstić information content (AvgIpc) is 2.94. The number of carbonyl (C=O) groups excluding carboxylic acids is 2. The van der Waals surface area contributed by atoms with Gasteiger partial charge >= 0.3 is 11.9 Å². The van der Waals surface area contributed by atoms with Gasteiger partial charge in [-0.05, 0) is 35.4 Å². The molecule has 4 heteroatoms. The van der Waals surface area contributed by atoms with E-state index in [4.69, 9.17) is 9.47 Å². The van der Waals surface area contributed by atoms with Crippen LogP contribution in [0, 0.1) is 0 Å². The minimum Gasteiger partial charge on any atom is -0.422 e. The first-order valence-corrected chi connectivity index (χ1v) is 11.5. The molecule has 0 aliphatic rings. The lowest BCUT2D eigenvalue weighted by molar-refractivity contribution is 0.0693. The molecule has 0 N–H and O–H groups in total. The zero-order valence-electron chi connectivity index (χ0n) is 19.3. The molecule has 5 rings (SSSR count). The number of ether oxygens (including phenoxy) is 2. The van der Waals surface area contributed by atoms with E-state index < -0.39 is 11.9 Å². The molecule has 0 heterocycles. The van der Waals surface area contributed by atoms with Crippen molar-refractivity contribution in [3.05, 3.63) is 145 Å². The van der Waals surface area contributed by atoms with Crippen LogP contribution in [0.2, 0.25) is 0 Å². The molecule has 0 fully saturated rings. The molecule has 0 spiro atoms. The van der Waals surface area contributed by atoms with Crippen LogP contribution in [-0.2, 0) is 0 Å². The first-order valence-electron chi connectivity index (χ1n) is 11.5. The molecule has 4 nitrogen and oxygen atoms in total. The van der Waals surface area contributed by atoms with Crippen molar-refractivity contribution in [3.63, 3.8) is 0 Å². The van der Waals surface area contributed by atoms with E-state index in [1.54, 1.807) is 48.5 Å². The van der Waals surface area contributed by atoms with Crippen LogP contribution in [0.25, 0.3) is 22.3 Å². The maximum atomic E-state index is 13.2. The molecular formula is C32H22O4. The van der Waals surface area contributed by atoms with Crippen LogP contribution in [-0.4, -0.2) is 11.9 Å². The fourth-order valence-corrected chi connectivity index (χ4v) is 3.97. The van der Waals surface area contributed by atoms with E-state index in [2.05, 4.69) is 0 Å². The Balaban J connectivity index is 1.42. The van der Waals surface area contributed by atoms with Gasteiger partial charge in [-0.15, -0.1) is 0 Å². The van der Waals surface area contributed by atoms with Crippen molar-refractivity contribution in [1.82, 2.24) is 0 Å². The second kappa shape index (κ2) is 10.5. The van der Waals surface area contributed by atoms with Gasteiger partial charge in [-0.2, -0.15) is 0 Å². The van der Waals surface area contributed by atoms with Gasteiger partial charge in [0.2, 0.25) is 0 Å². The lowest BCUT2D eigenvalue weighted by atomic mass is 10.0. The van der Waals surface area contributed by atoms with Gasteiger partial charge in [0.05, 0.1) is 11.1 Å². The number of carbonyl (C=O) groups is 2. The van der Waals surface area contributed by atoms with E-state index in [0.29, 0.717) is 11.5 Å². The van der Waals surface area contributed by atoms with Crippen LogP contribution in [0.1, 0.15) is 20.7 Å².